The third-order valence-electron chi connectivity index (χ3n) is 6.08. The minimum absolute atomic E-state index is 0. The van der Waals surface area contributed by atoms with E-state index in [2.05, 4.69) is 34.3 Å². The monoisotopic (exact) mass is 499 g/mol. The van der Waals surface area contributed by atoms with Crippen molar-refractivity contribution in [3.63, 3.8) is 0 Å². The molecule has 1 saturated heterocycles. The average molecular weight is 500 g/mol. The Morgan fingerprint density at radius 2 is 1.71 bits per heavy atom. The summed E-state index contributed by atoms with van der Waals surface area (Å²) in [5.41, 5.74) is 3.35. The highest BCUT2D eigenvalue weighted by molar-refractivity contribution is 7.96. The number of pyridine rings is 1. The summed E-state index contributed by atoms with van der Waals surface area (Å²) < 4.78 is 14.1. The molecular weight excluding hydrogens is 466 g/mol. The van der Waals surface area contributed by atoms with Gasteiger partial charge in [0.1, 0.15) is 11.6 Å². The summed E-state index contributed by atoms with van der Waals surface area (Å²) in [5.74, 6) is 1.26. The van der Waals surface area contributed by atoms with Crippen LogP contribution in [0.4, 0.5) is 5.82 Å². The van der Waals surface area contributed by atoms with Gasteiger partial charge in [0.25, 0.3) is 0 Å². The maximum absolute atomic E-state index is 13.6. The van der Waals surface area contributed by atoms with Gasteiger partial charge < -0.3 is 25.7 Å². The van der Waals surface area contributed by atoms with Crippen LogP contribution in [0.2, 0.25) is 0 Å². The summed E-state index contributed by atoms with van der Waals surface area (Å²) >= 11 is 1.60. The van der Waals surface area contributed by atoms with E-state index >= 15 is 0 Å². The summed E-state index contributed by atoms with van der Waals surface area (Å²) in [6, 6.07) is 21.8. The zero-order chi connectivity index (χ0) is 23.1. The third kappa shape index (κ3) is 6.59. The second-order valence-electron chi connectivity index (χ2n) is 8.01. The van der Waals surface area contributed by atoms with Gasteiger partial charge in [-0.1, -0.05) is 54.4 Å². The number of hydrogen-bond acceptors (Lipinski definition) is 6. The van der Waals surface area contributed by atoms with Gasteiger partial charge in [-0.25, -0.2) is 4.98 Å². The molecule has 2 aromatic carbocycles. The molecule has 1 aromatic heterocycles. The number of benzene rings is 2. The number of nitrogens with zero attached hydrogens (tertiary/aromatic N) is 1. The first-order valence-electron chi connectivity index (χ1n) is 11.0. The van der Waals surface area contributed by atoms with Gasteiger partial charge in [0.2, 0.25) is 5.91 Å². The molecule has 0 unspecified atom stereocenters. The average Bonchev–Trinajstić information content (AvgIpc) is 2.88. The summed E-state index contributed by atoms with van der Waals surface area (Å²) in [5, 5.41) is 3.08. The lowest BCUT2D eigenvalue weighted by Gasteiger charge is -2.36. The van der Waals surface area contributed by atoms with Gasteiger partial charge >= 0.3 is 0 Å². The lowest BCUT2D eigenvalue weighted by atomic mass is 9.73. The van der Waals surface area contributed by atoms with E-state index in [0.29, 0.717) is 31.9 Å². The van der Waals surface area contributed by atoms with Crippen LogP contribution in [0, 0.1) is 0 Å². The summed E-state index contributed by atoms with van der Waals surface area (Å²) in [6.07, 6.45) is 3.25. The highest BCUT2D eigenvalue weighted by Gasteiger charge is 2.42. The fraction of sp³-hybridized carbons (Fsp3) is 0.308. The van der Waals surface area contributed by atoms with Crippen LogP contribution in [0.5, 0.6) is 5.75 Å². The molecular formula is C26H33N3O5S. The van der Waals surface area contributed by atoms with Gasteiger partial charge in [-0.3, -0.25) is 9.52 Å². The highest BCUT2D eigenvalue weighted by Crippen LogP contribution is 2.37. The van der Waals surface area contributed by atoms with Crippen LogP contribution in [-0.4, -0.2) is 48.4 Å². The van der Waals surface area contributed by atoms with Gasteiger partial charge in [0.05, 0.1) is 18.2 Å². The van der Waals surface area contributed by atoms with Crippen LogP contribution in [0.25, 0.3) is 11.3 Å². The smallest absolute Gasteiger partial charge is 0.236 e. The second-order valence-corrected chi connectivity index (χ2v) is 8.70. The Balaban J connectivity index is 0.00000216. The molecule has 6 N–H and O–H groups in total. The van der Waals surface area contributed by atoms with Crippen molar-refractivity contribution in [2.75, 3.05) is 31.9 Å². The predicted molar refractivity (Wildman–Crippen MR) is 141 cm³/mol. The van der Waals surface area contributed by atoms with Gasteiger partial charge in [-0.05, 0) is 54.5 Å². The Hall–Kier alpha value is -2.95. The van der Waals surface area contributed by atoms with Gasteiger partial charge in [0.15, 0.2) is 0 Å². The zero-order valence-corrected chi connectivity index (χ0v) is 20.8. The van der Waals surface area contributed by atoms with Crippen molar-refractivity contribution >= 4 is 23.7 Å². The van der Waals surface area contributed by atoms with Crippen LogP contribution in [0.3, 0.4) is 0 Å². The molecule has 188 valence electrons. The second kappa shape index (κ2) is 13.2. The fourth-order valence-corrected chi connectivity index (χ4v) is 4.44. The molecule has 3 aromatic rings. The molecule has 0 atom stereocenters. The van der Waals surface area contributed by atoms with Crippen molar-refractivity contribution in [2.45, 2.75) is 24.8 Å². The van der Waals surface area contributed by atoms with E-state index in [-0.39, 0.29) is 16.9 Å². The minimum Gasteiger partial charge on any atom is -0.497 e. The lowest BCUT2D eigenvalue weighted by molar-refractivity contribution is -0.125. The summed E-state index contributed by atoms with van der Waals surface area (Å²) in [4.78, 5) is 18.3. The molecule has 0 bridgehead atoms. The molecule has 0 radical (unpaired) electrons. The Labute approximate surface area is 210 Å². The summed E-state index contributed by atoms with van der Waals surface area (Å²) in [6.45, 7) is 1.90. The van der Waals surface area contributed by atoms with E-state index in [0.717, 1.165) is 29.1 Å². The maximum atomic E-state index is 13.6. The first-order valence-corrected chi connectivity index (χ1v) is 12.2. The number of aromatic nitrogens is 1. The largest absolute Gasteiger partial charge is 0.497 e. The van der Waals surface area contributed by atoms with Crippen molar-refractivity contribution in [3.8, 4) is 17.0 Å². The van der Waals surface area contributed by atoms with E-state index < -0.39 is 5.41 Å². The number of carbonyl (C=O) groups excluding carboxylic acids is 1. The fourth-order valence-electron chi connectivity index (χ4n) is 4.13. The van der Waals surface area contributed by atoms with Crippen LogP contribution >= 0.6 is 11.9 Å². The van der Waals surface area contributed by atoms with Gasteiger partial charge in [-0.15, -0.1) is 0 Å². The van der Waals surface area contributed by atoms with Gasteiger partial charge in [0, 0.05) is 25.3 Å². The normalized spacial score (nSPS) is 14.2. The molecule has 0 aliphatic carbocycles. The van der Waals surface area contributed by atoms with Crippen molar-refractivity contribution in [1.29, 1.82) is 0 Å². The molecule has 4 rings (SSSR count). The molecule has 1 amide bonds. The number of hydrogen-bond donors (Lipinski definition) is 2. The molecule has 1 fully saturated rings. The summed E-state index contributed by atoms with van der Waals surface area (Å²) in [7, 11) is 1.64. The van der Waals surface area contributed by atoms with Crippen LogP contribution in [0.15, 0.2) is 66.7 Å². The number of methoxy groups -OCH3 is 1. The first-order chi connectivity index (χ1) is 16.1. The standard InChI is InChI=1S/C26H29N3O3S.2H2O/c1-31-22-12-10-21(11-13-22)26(14-16-32-17-15-26)25(30)29-24-5-3-4-23(28-24)20-8-6-19(7-9-20)18-27-33-2;;/h3-13,27H,14-18H2,1-2H3,(H,28,29,30);2*1H2. The third-order valence-corrected chi connectivity index (χ3v) is 6.52. The Bertz CT molecular complexity index is 1070. The van der Waals surface area contributed by atoms with Crippen LogP contribution in [-0.2, 0) is 21.5 Å². The lowest BCUT2D eigenvalue weighted by Crippen LogP contribution is -2.45. The highest BCUT2D eigenvalue weighted by atomic mass is 32.2. The molecule has 8 nitrogen and oxygen atoms in total. The number of nitrogens with one attached hydrogen (secondary N) is 2. The number of ether oxygens (including phenoxy) is 2. The SMILES string of the molecule is COc1ccc(C2(C(=O)Nc3cccc(-c4ccc(CNSC)cc4)n3)CCOCC2)cc1.O.O. The topological polar surface area (TPSA) is 135 Å². The number of rotatable bonds is 8. The van der Waals surface area contributed by atoms with Crippen molar-refractivity contribution in [1.82, 2.24) is 9.71 Å². The molecule has 0 saturated carbocycles. The molecule has 2 heterocycles. The van der Waals surface area contributed by atoms with E-state index in [4.69, 9.17) is 14.5 Å². The molecule has 0 spiro atoms. The minimum atomic E-state index is -0.659. The molecule has 1 aliphatic rings. The van der Waals surface area contributed by atoms with Crippen molar-refractivity contribution < 1.29 is 25.2 Å². The van der Waals surface area contributed by atoms with Crippen molar-refractivity contribution in [3.05, 3.63) is 77.9 Å². The number of carbonyl (C=O) groups is 1. The Morgan fingerprint density at radius 1 is 1.03 bits per heavy atom. The zero-order valence-electron chi connectivity index (χ0n) is 20.0. The van der Waals surface area contributed by atoms with E-state index in [1.54, 1.807) is 19.1 Å². The maximum Gasteiger partial charge on any atom is 0.236 e. The first kappa shape index (κ1) is 28.3. The van der Waals surface area contributed by atoms with Crippen molar-refractivity contribution in [2.24, 2.45) is 0 Å². The Kier molecular flexibility index (Phi) is 10.7. The molecule has 1 aliphatic heterocycles. The molecule has 9 heteroatoms. The van der Waals surface area contributed by atoms with E-state index in [1.165, 1.54) is 5.56 Å². The predicted octanol–water partition coefficient (Wildman–Crippen LogP) is 3.16. The van der Waals surface area contributed by atoms with Crippen LogP contribution in [0.1, 0.15) is 24.0 Å². The quantitative estimate of drug-likeness (QED) is 0.457. The van der Waals surface area contributed by atoms with E-state index in [9.17, 15) is 4.79 Å². The van der Waals surface area contributed by atoms with E-state index in [1.807, 2.05) is 48.7 Å². The van der Waals surface area contributed by atoms with Crippen LogP contribution < -0.4 is 14.8 Å². The van der Waals surface area contributed by atoms with Gasteiger partial charge in [-0.2, -0.15) is 0 Å². The number of amides is 1. The Morgan fingerprint density at radius 3 is 2.34 bits per heavy atom. The molecule has 35 heavy (non-hydrogen) atoms. The number of anilines is 1.